The van der Waals surface area contributed by atoms with Crippen LogP contribution in [-0.4, -0.2) is 73.4 Å². The van der Waals surface area contributed by atoms with Crippen LogP contribution in [0.5, 0.6) is 0 Å². The Morgan fingerprint density at radius 2 is 0.744 bits per heavy atom. The van der Waals surface area contributed by atoms with E-state index in [1.807, 2.05) is 27.2 Å². The monoisotopic (exact) mass is 1160 g/mol. The number of nitrogens with zero attached hydrogens (tertiary/aromatic N) is 1. The summed E-state index contributed by atoms with van der Waals surface area (Å²) in [6.07, 6.45) is 95.5. The Morgan fingerprint density at radius 3 is 1.12 bits per heavy atom. The van der Waals surface area contributed by atoms with E-state index in [-0.39, 0.29) is 19.1 Å². The van der Waals surface area contributed by atoms with E-state index in [9.17, 15) is 19.4 Å². The van der Waals surface area contributed by atoms with Crippen molar-refractivity contribution in [1.82, 2.24) is 5.32 Å². The SMILES string of the molecule is CC/C=C\C/C=C\C/C=C\C/C=C\C/C=C\C/C=C\C/C=C\C/C=C\C/C=C\CCCCCCCCCC(=O)NC(COP(=O)(O)OCC[N+](C)(C)C)C(O)/C=C/CC/C=C/CC/C=C/CCCCCCCCCCCCCCCCC. The number of phosphoric acid groups is 1. The maximum Gasteiger partial charge on any atom is 0.472 e. The van der Waals surface area contributed by atoms with Gasteiger partial charge < -0.3 is 19.8 Å². The van der Waals surface area contributed by atoms with Crippen LogP contribution < -0.4 is 5.32 Å². The zero-order valence-corrected chi connectivity index (χ0v) is 54.3. The van der Waals surface area contributed by atoms with Crippen LogP contribution in [-0.2, 0) is 18.4 Å². The van der Waals surface area contributed by atoms with Crippen molar-refractivity contribution in [3.63, 3.8) is 0 Å². The van der Waals surface area contributed by atoms with Gasteiger partial charge in [-0.1, -0.05) is 282 Å². The number of amides is 1. The number of aliphatic hydroxyl groups is 1. The van der Waals surface area contributed by atoms with Gasteiger partial charge in [0, 0.05) is 6.42 Å². The topological polar surface area (TPSA) is 105 Å². The summed E-state index contributed by atoms with van der Waals surface area (Å²) < 4.78 is 23.7. The smallest absolute Gasteiger partial charge is 0.387 e. The lowest BCUT2D eigenvalue weighted by atomic mass is 10.0. The molecule has 0 aromatic rings. The molecule has 9 heteroatoms. The molecule has 0 rings (SSSR count). The summed E-state index contributed by atoms with van der Waals surface area (Å²) >= 11 is 0. The van der Waals surface area contributed by atoms with Crippen LogP contribution in [0.3, 0.4) is 0 Å². The minimum Gasteiger partial charge on any atom is -0.387 e. The Balaban J connectivity index is 4.26. The Labute approximate surface area is 506 Å². The van der Waals surface area contributed by atoms with Gasteiger partial charge in [-0.05, 0) is 116 Å². The Hall–Kier alpha value is -3.62. The largest absolute Gasteiger partial charge is 0.472 e. The van der Waals surface area contributed by atoms with Crippen LogP contribution in [0.4, 0.5) is 0 Å². The maximum absolute atomic E-state index is 13.0. The number of allylic oxidation sites excluding steroid dienone is 23. The van der Waals surface area contributed by atoms with E-state index in [2.05, 4.69) is 153 Å². The van der Waals surface area contributed by atoms with Gasteiger partial charge in [0.2, 0.25) is 5.91 Å². The third-order valence-electron chi connectivity index (χ3n) is 14.0. The molecule has 0 aliphatic heterocycles. The predicted octanol–water partition coefficient (Wildman–Crippen LogP) is 21.2. The van der Waals surface area contributed by atoms with Crippen molar-refractivity contribution in [3.05, 3.63) is 146 Å². The standard InChI is InChI=1S/C73H125N2O6P/c1-6-8-10-12-14-16-18-20-22-24-26-28-30-32-33-34-35-36-37-38-39-40-41-43-45-47-49-51-53-55-57-59-61-63-65-67-73(77)74-71(70-81-82(78,79)80-69-68-75(3,4)5)72(76)66-64-62-60-58-56-54-52-50-48-46-44-42-31-29-27-25-23-21-19-17-15-13-11-9-7-2/h8,10,14,16,20,22,26,28,32-33,35-36,38-39,41,43,47-50,56,58,64,66,71-72,76H,6-7,9,11-13,15,17-19,21,23-25,27,29-31,34,37,40,42,44-46,51-55,57,59-63,65,67-70H2,1-5H3,(H-,74,77,78,79)/p+1/b10-8-,16-14-,22-20-,28-26-,33-32-,36-35-,39-38-,43-41-,49-47-,50-48+,58-56+,66-64+. The van der Waals surface area contributed by atoms with Crippen molar-refractivity contribution in [2.75, 3.05) is 40.9 Å². The molecule has 0 heterocycles. The summed E-state index contributed by atoms with van der Waals surface area (Å²) in [6, 6.07) is -0.889. The summed E-state index contributed by atoms with van der Waals surface area (Å²) in [5.41, 5.74) is 0. The van der Waals surface area contributed by atoms with E-state index in [1.54, 1.807) is 6.08 Å². The number of phosphoric ester groups is 1. The van der Waals surface area contributed by atoms with Crippen LogP contribution >= 0.6 is 7.82 Å². The van der Waals surface area contributed by atoms with Crippen LogP contribution in [0.2, 0.25) is 0 Å². The lowest BCUT2D eigenvalue weighted by Crippen LogP contribution is -2.45. The van der Waals surface area contributed by atoms with E-state index < -0.39 is 20.0 Å². The predicted molar refractivity (Wildman–Crippen MR) is 359 cm³/mol. The molecule has 82 heavy (non-hydrogen) atoms. The first-order chi connectivity index (χ1) is 40.0. The highest BCUT2D eigenvalue weighted by molar-refractivity contribution is 7.47. The number of likely N-dealkylation sites (N-methyl/N-ethyl adjacent to an activating group) is 1. The molecule has 0 spiro atoms. The normalized spacial score (nSPS) is 14.7. The van der Waals surface area contributed by atoms with Crippen LogP contribution in [0.1, 0.15) is 258 Å². The van der Waals surface area contributed by atoms with Crippen LogP contribution in [0.15, 0.2) is 146 Å². The van der Waals surface area contributed by atoms with Gasteiger partial charge in [0.1, 0.15) is 13.2 Å². The molecular weight excluding hydrogens is 1030 g/mol. The molecule has 3 N–H and O–H groups in total. The molecule has 3 unspecified atom stereocenters. The molecule has 0 saturated heterocycles. The number of carbonyl (C=O) groups is 1. The van der Waals surface area contributed by atoms with Gasteiger partial charge in [-0.15, -0.1) is 0 Å². The summed E-state index contributed by atoms with van der Waals surface area (Å²) in [5.74, 6) is -0.207. The minimum absolute atomic E-state index is 0.0434. The summed E-state index contributed by atoms with van der Waals surface area (Å²) in [7, 11) is 1.52. The van der Waals surface area contributed by atoms with Gasteiger partial charge in [-0.3, -0.25) is 13.8 Å². The zero-order chi connectivity index (χ0) is 59.8. The molecule has 3 atom stereocenters. The zero-order valence-electron chi connectivity index (χ0n) is 53.4. The number of hydrogen-bond acceptors (Lipinski definition) is 5. The molecule has 0 fully saturated rings. The second-order valence-corrected chi connectivity index (χ2v) is 24.5. The molecule has 0 bridgehead atoms. The summed E-state index contributed by atoms with van der Waals surface area (Å²) in [4.78, 5) is 23.4. The van der Waals surface area contributed by atoms with Crippen LogP contribution in [0.25, 0.3) is 0 Å². The first-order valence-corrected chi connectivity index (χ1v) is 34.7. The molecule has 8 nitrogen and oxygen atoms in total. The van der Waals surface area contributed by atoms with E-state index >= 15 is 0 Å². The molecule has 0 saturated carbocycles. The van der Waals surface area contributed by atoms with Gasteiger partial charge in [0.15, 0.2) is 0 Å². The van der Waals surface area contributed by atoms with Crippen molar-refractivity contribution in [2.24, 2.45) is 0 Å². The van der Waals surface area contributed by atoms with Crippen LogP contribution in [0, 0.1) is 0 Å². The van der Waals surface area contributed by atoms with E-state index in [4.69, 9.17) is 9.05 Å². The molecular formula is C73H126N2O6P+. The molecule has 0 radical (unpaired) electrons. The van der Waals surface area contributed by atoms with Gasteiger partial charge in [0.05, 0.1) is 39.9 Å². The highest BCUT2D eigenvalue weighted by Gasteiger charge is 2.27. The second kappa shape index (κ2) is 61.9. The van der Waals surface area contributed by atoms with Crippen molar-refractivity contribution >= 4 is 13.7 Å². The van der Waals surface area contributed by atoms with E-state index in [1.165, 1.54) is 122 Å². The van der Waals surface area contributed by atoms with Crippen molar-refractivity contribution in [1.29, 1.82) is 0 Å². The molecule has 0 aromatic carbocycles. The number of hydrogen-bond donors (Lipinski definition) is 3. The fraction of sp³-hybridized carbons (Fsp3) is 0.658. The fourth-order valence-corrected chi connectivity index (χ4v) is 9.63. The number of unbranched alkanes of at least 4 members (excludes halogenated alkanes) is 24. The van der Waals surface area contributed by atoms with E-state index in [0.717, 1.165) is 116 Å². The van der Waals surface area contributed by atoms with E-state index in [0.29, 0.717) is 17.4 Å². The Morgan fingerprint density at radius 1 is 0.427 bits per heavy atom. The number of carbonyl (C=O) groups excluding carboxylic acids is 1. The van der Waals surface area contributed by atoms with Gasteiger partial charge >= 0.3 is 7.82 Å². The summed E-state index contributed by atoms with van der Waals surface area (Å²) in [5, 5.41) is 13.9. The third kappa shape index (κ3) is 64.0. The average Bonchev–Trinajstić information content (AvgIpc) is 3.45. The highest BCUT2D eigenvalue weighted by Crippen LogP contribution is 2.43. The quantitative estimate of drug-likeness (QED) is 0.0243. The average molecular weight is 1160 g/mol. The fourth-order valence-electron chi connectivity index (χ4n) is 8.89. The molecule has 468 valence electrons. The third-order valence-corrected chi connectivity index (χ3v) is 15.0. The highest BCUT2D eigenvalue weighted by atomic mass is 31.2. The Bertz CT molecular complexity index is 1840. The van der Waals surface area contributed by atoms with Crippen molar-refractivity contribution < 1.29 is 32.9 Å². The number of quaternary nitrogens is 1. The molecule has 0 aromatic heterocycles. The molecule has 0 aliphatic carbocycles. The van der Waals surface area contributed by atoms with Crippen molar-refractivity contribution in [3.8, 4) is 0 Å². The lowest BCUT2D eigenvalue weighted by Gasteiger charge is -2.25. The van der Waals surface area contributed by atoms with Gasteiger partial charge in [-0.25, -0.2) is 4.57 Å². The van der Waals surface area contributed by atoms with Gasteiger partial charge in [0.25, 0.3) is 0 Å². The van der Waals surface area contributed by atoms with Crippen molar-refractivity contribution in [2.45, 2.75) is 270 Å². The lowest BCUT2D eigenvalue weighted by molar-refractivity contribution is -0.870. The molecule has 0 aliphatic rings. The first-order valence-electron chi connectivity index (χ1n) is 33.2. The van der Waals surface area contributed by atoms with Gasteiger partial charge in [-0.2, -0.15) is 0 Å². The minimum atomic E-state index is -4.38. The number of nitrogens with one attached hydrogen (secondary N) is 1. The number of aliphatic hydroxyl groups excluding tert-OH is 1. The molecule has 1 amide bonds. The number of rotatable bonds is 59. The second-order valence-electron chi connectivity index (χ2n) is 23.1. The summed E-state index contributed by atoms with van der Waals surface area (Å²) in [6.45, 7) is 4.66. The maximum atomic E-state index is 13.0. The first kappa shape index (κ1) is 78.4. The Kier molecular flexibility index (Phi) is 59.2.